The molecule has 0 saturated carbocycles. The maximum atomic E-state index is 12.5. The van der Waals surface area contributed by atoms with Crippen molar-refractivity contribution >= 4 is 35.1 Å². The van der Waals surface area contributed by atoms with Crippen LogP contribution in [0, 0.1) is 5.92 Å². The van der Waals surface area contributed by atoms with E-state index < -0.39 is 24.5 Å². The molecule has 6 nitrogen and oxygen atoms in total. The highest BCUT2D eigenvalue weighted by Crippen LogP contribution is 2.16. The summed E-state index contributed by atoms with van der Waals surface area (Å²) in [7, 11) is 1.60. The van der Waals surface area contributed by atoms with E-state index in [0.29, 0.717) is 5.69 Å². The largest absolute Gasteiger partial charge is 0.454 e. The lowest BCUT2D eigenvalue weighted by Gasteiger charge is -2.22. The second kappa shape index (κ2) is 9.90. The van der Waals surface area contributed by atoms with Crippen LogP contribution in [0.1, 0.15) is 24.2 Å². The fraction of sp³-hybridized carbons (Fsp3) is 0.286. The van der Waals surface area contributed by atoms with Crippen LogP contribution in [0.25, 0.3) is 0 Å². The van der Waals surface area contributed by atoms with E-state index in [9.17, 15) is 14.4 Å². The summed E-state index contributed by atoms with van der Waals surface area (Å²) in [5.74, 6) is -1.76. The first-order valence-corrected chi connectivity index (χ1v) is 9.22. The Kier molecular flexibility index (Phi) is 7.58. The Hall–Kier alpha value is -2.86. The topological polar surface area (TPSA) is 75.7 Å². The predicted molar refractivity (Wildman–Crippen MR) is 108 cm³/mol. The molecular formula is C21H23ClN2O4. The number of carbonyl (C=O) groups excluding carboxylic acids is 3. The van der Waals surface area contributed by atoms with E-state index in [1.807, 2.05) is 18.2 Å². The summed E-state index contributed by atoms with van der Waals surface area (Å²) < 4.78 is 5.16. The van der Waals surface area contributed by atoms with Gasteiger partial charge in [-0.2, -0.15) is 0 Å². The maximum absolute atomic E-state index is 12.5. The van der Waals surface area contributed by atoms with E-state index in [1.165, 1.54) is 4.90 Å². The van der Waals surface area contributed by atoms with E-state index in [1.54, 1.807) is 57.3 Å². The van der Waals surface area contributed by atoms with Gasteiger partial charge in [0.25, 0.3) is 11.8 Å². The number of ether oxygens (including phenoxy) is 1. The minimum absolute atomic E-state index is 0.235. The van der Waals surface area contributed by atoms with E-state index in [2.05, 4.69) is 5.32 Å². The normalized spacial score (nSPS) is 11.6. The minimum atomic E-state index is -0.904. The Morgan fingerprint density at radius 1 is 1.04 bits per heavy atom. The number of hydrogen-bond donors (Lipinski definition) is 1. The molecule has 148 valence electrons. The van der Waals surface area contributed by atoms with Crippen LogP contribution in [0.15, 0.2) is 54.6 Å². The molecule has 2 rings (SSSR count). The predicted octanol–water partition coefficient (Wildman–Crippen LogP) is 3.30. The van der Waals surface area contributed by atoms with E-state index in [0.717, 1.165) is 0 Å². The molecule has 28 heavy (non-hydrogen) atoms. The van der Waals surface area contributed by atoms with Crippen molar-refractivity contribution in [3.8, 4) is 0 Å². The van der Waals surface area contributed by atoms with Gasteiger partial charge in [0.1, 0.15) is 6.04 Å². The highest BCUT2D eigenvalue weighted by atomic mass is 35.5. The van der Waals surface area contributed by atoms with Crippen molar-refractivity contribution in [3.05, 3.63) is 65.2 Å². The fourth-order valence-electron chi connectivity index (χ4n) is 2.48. The van der Waals surface area contributed by atoms with Crippen molar-refractivity contribution in [1.29, 1.82) is 0 Å². The second-order valence-electron chi connectivity index (χ2n) is 6.57. The zero-order chi connectivity index (χ0) is 20.7. The molecule has 0 spiro atoms. The molecule has 2 amide bonds. The number of hydrogen-bond acceptors (Lipinski definition) is 4. The van der Waals surface area contributed by atoms with E-state index in [4.69, 9.17) is 16.3 Å². The number of amides is 2. The summed E-state index contributed by atoms with van der Waals surface area (Å²) in [6.45, 7) is 3.13. The van der Waals surface area contributed by atoms with E-state index in [-0.39, 0.29) is 22.4 Å². The number of nitrogens with one attached hydrogen (secondary N) is 1. The number of rotatable bonds is 7. The van der Waals surface area contributed by atoms with Gasteiger partial charge in [0.05, 0.1) is 10.6 Å². The van der Waals surface area contributed by atoms with Crippen molar-refractivity contribution in [2.75, 3.05) is 18.6 Å². The van der Waals surface area contributed by atoms with Gasteiger partial charge in [0, 0.05) is 12.7 Å². The third kappa shape index (κ3) is 5.57. The number of carbonyl (C=O) groups is 3. The van der Waals surface area contributed by atoms with E-state index >= 15 is 0 Å². The molecule has 0 aromatic heterocycles. The number of nitrogens with zero attached hydrogens (tertiary/aromatic N) is 1. The second-order valence-corrected chi connectivity index (χ2v) is 6.98. The number of anilines is 1. The van der Waals surface area contributed by atoms with Crippen LogP contribution in [0.2, 0.25) is 5.02 Å². The Balaban J connectivity index is 1.98. The molecule has 2 aromatic rings. The molecule has 0 aliphatic carbocycles. The monoisotopic (exact) mass is 402 g/mol. The van der Waals surface area contributed by atoms with Crippen LogP contribution in [0.5, 0.6) is 0 Å². The van der Waals surface area contributed by atoms with Crippen LogP contribution >= 0.6 is 11.6 Å². The Labute approximate surface area is 169 Å². The smallest absolute Gasteiger partial charge is 0.329 e. The first-order chi connectivity index (χ1) is 13.3. The molecule has 7 heteroatoms. The molecule has 0 aliphatic rings. The quantitative estimate of drug-likeness (QED) is 0.721. The summed E-state index contributed by atoms with van der Waals surface area (Å²) >= 11 is 6.03. The Morgan fingerprint density at radius 3 is 2.25 bits per heavy atom. The number of para-hydroxylation sites is 1. The van der Waals surface area contributed by atoms with Gasteiger partial charge in [-0.1, -0.05) is 55.8 Å². The molecule has 0 fully saturated rings. The number of esters is 1. The van der Waals surface area contributed by atoms with Crippen LogP contribution in [0.4, 0.5) is 5.69 Å². The lowest BCUT2D eigenvalue weighted by molar-refractivity contribution is -0.150. The molecular weight excluding hydrogens is 380 g/mol. The van der Waals surface area contributed by atoms with Gasteiger partial charge < -0.3 is 15.0 Å². The van der Waals surface area contributed by atoms with Crippen LogP contribution in [0.3, 0.4) is 0 Å². The number of benzene rings is 2. The lowest BCUT2D eigenvalue weighted by atomic mass is 10.0. The molecule has 0 aliphatic heterocycles. The molecule has 1 N–H and O–H groups in total. The van der Waals surface area contributed by atoms with Crippen molar-refractivity contribution in [2.45, 2.75) is 19.9 Å². The zero-order valence-electron chi connectivity index (χ0n) is 16.0. The van der Waals surface area contributed by atoms with Gasteiger partial charge in [-0.3, -0.25) is 9.59 Å². The fourth-order valence-corrected chi connectivity index (χ4v) is 2.70. The third-order valence-electron chi connectivity index (χ3n) is 4.18. The van der Waals surface area contributed by atoms with Crippen molar-refractivity contribution in [3.63, 3.8) is 0 Å². The molecule has 0 unspecified atom stereocenters. The van der Waals surface area contributed by atoms with Crippen molar-refractivity contribution < 1.29 is 19.1 Å². The average Bonchev–Trinajstić information content (AvgIpc) is 2.69. The summed E-state index contributed by atoms with van der Waals surface area (Å²) in [6.07, 6.45) is 0. The molecule has 0 radical (unpaired) electrons. The third-order valence-corrected chi connectivity index (χ3v) is 4.51. The van der Waals surface area contributed by atoms with Gasteiger partial charge in [0.2, 0.25) is 0 Å². The van der Waals surface area contributed by atoms with Gasteiger partial charge in [-0.25, -0.2) is 4.79 Å². The average molecular weight is 403 g/mol. The van der Waals surface area contributed by atoms with Gasteiger partial charge >= 0.3 is 5.97 Å². The van der Waals surface area contributed by atoms with Crippen LogP contribution in [-0.2, 0) is 14.3 Å². The molecule has 1 atom stereocenters. The first kappa shape index (κ1) is 21.4. The SMILES string of the molecule is CC(C)[C@H](NC(=O)c1ccccc1Cl)C(=O)OCC(=O)N(C)c1ccccc1. The molecule has 0 bridgehead atoms. The highest BCUT2D eigenvalue weighted by molar-refractivity contribution is 6.33. The van der Waals surface area contributed by atoms with Crippen LogP contribution < -0.4 is 10.2 Å². The number of halogens is 1. The number of likely N-dealkylation sites (N-methyl/N-ethyl adjacent to an activating group) is 1. The zero-order valence-corrected chi connectivity index (χ0v) is 16.8. The summed E-state index contributed by atoms with van der Waals surface area (Å²) in [4.78, 5) is 38.6. The van der Waals surface area contributed by atoms with Gasteiger partial charge in [-0.05, 0) is 30.2 Å². The molecule has 0 saturated heterocycles. The Bertz CT molecular complexity index is 839. The standard InChI is InChI=1S/C21H23ClN2O4/c1-14(2)19(23-20(26)16-11-7-8-12-17(16)22)21(27)28-13-18(25)24(3)15-9-5-4-6-10-15/h4-12,14,19H,13H2,1-3H3,(H,23,26)/t19-/m0/s1. The summed E-state index contributed by atoms with van der Waals surface area (Å²) in [5, 5.41) is 2.92. The molecule has 0 heterocycles. The first-order valence-electron chi connectivity index (χ1n) is 8.85. The van der Waals surface area contributed by atoms with Gasteiger partial charge in [0.15, 0.2) is 6.61 Å². The summed E-state index contributed by atoms with van der Waals surface area (Å²) in [6, 6.07) is 14.7. The van der Waals surface area contributed by atoms with Crippen molar-refractivity contribution in [2.24, 2.45) is 5.92 Å². The summed E-state index contributed by atoms with van der Waals surface area (Å²) in [5.41, 5.74) is 0.957. The molecule has 2 aromatic carbocycles. The van der Waals surface area contributed by atoms with Crippen molar-refractivity contribution in [1.82, 2.24) is 5.32 Å². The highest BCUT2D eigenvalue weighted by Gasteiger charge is 2.27. The Morgan fingerprint density at radius 2 is 1.64 bits per heavy atom. The maximum Gasteiger partial charge on any atom is 0.329 e. The lowest BCUT2D eigenvalue weighted by Crippen LogP contribution is -2.46. The minimum Gasteiger partial charge on any atom is -0.454 e. The van der Waals surface area contributed by atoms with Crippen LogP contribution in [-0.4, -0.2) is 37.5 Å². The van der Waals surface area contributed by atoms with Gasteiger partial charge in [-0.15, -0.1) is 0 Å².